The normalized spacial score (nSPS) is 13.1. The Kier molecular flexibility index (Phi) is 12.0. The number of aliphatic hydroxyl groups excluding tert-OH is 1. The topological polar surface area (TPSA) is 144 Å². The van der Waals surface area contributed by atoms with Crippen molar-refractivity contribution in [2.24, 2.45) is 0 Å². The van der Waals surface area contributed by atoms with Crippen molar-refractivity contribution in [2.45, 2.75) is 19.8 Å². The van der Waals surface area contributed by atoms with Gasteiger partial charge in [0.2, 0.25) is 5.91 Å². The number of methoxy groups -OCH3 is 2. The number of piperazine rings is 1. The molecule has 13 nitrogen and oxygen atoms in total. The molecule has 2 heterocycles. The van der Waals surface area contributed by atoms with Crippen LogP contribution in [0.4, 0.5) is 39.2 Å². The van der Waals surface area contributed by atoms with Gasteiger partial charge in [0.1, 0.15) is 34.5 Å². The molecule has 1 fully saturated rings. The van der Waals surface area contributed by atoms with Crippen molar-refractivity contribution in [1.29, 1.82) is 0 Å². The first-order chi connectivity index (χ1) is 22.2. The molecule has 0 radical (unpaired) electrons. The maximum Gasteiger partial charge on any atom is 0.327 e. The molecule has 46 heavy (non-hydrogen) atoms. The highest BCUT2D eigenvalue weighted by atomic mass is 35.5. The molecule has 0 atom stereocenters. The van der Waals surface area contributed by atoms with E-state index < -0.39 is 6.03 Å². The summed E-state index contributed by atoms with van der Waals surface area (Å²) in [6, 6.07) is 8.56. The number of carbonyl (C=O) groups excluding carboxylic acids is 2. The number of benzene rings is 2. The lowest BCUT2D eigenvalue weighted by molar-refractivity contribution is -0.111. The Labute approximate surface area is 274 Å². The third-order valence-electron chi connectivity index (χ3n) is 7.63. The number of halogens is 1. The molecule has 1 aliphatic rings. The zero-order valence-corrected chi connectivity index (χ0v) is 27.4. The summed E-state index contributed by atoms with van der Waals surface area (Å²) < 4.78 is 11.0. The lowest BCUT2D eigenvalue weighted by Crippen LogP contribution is -2.47. The summed E-state index contributed by atoms with van der Waals surface area (Å²) in [6.45, 7) is 9.62. The van der Waals surface area contributed by atoms with Gasteiger partial charge in [-0.25, -0.2) is 14.8 Å². The fourth-order valence-corrected chi connectivity index (χ4v) is 5.43. The first kappa shape index (κ1) is 34.3. The fraction of sp³-hybridized carbons (Fsp3) is 0.375. The average Bonchev–Trinajstić information content (AvgIpc) is 3.07. The first-order valence-corrected chi connectivity index (χ1v) is 15.3. The summed E-state index contributed by atoms with van der Waals surface area (Å²) in [5.74, 6) is 1.29. The van der Waals surface area contributed by atoms with Crippen molar-refractivity contribution in [1.82, 2.24) is 14.9 Å². The maximum atomic E-state index is 13.5. The van der Waals surface area contributed by atoms with Crippen LogP contribution in [0.2, 0.25) is 5.02 Å². The second-order valence-electron chi connectivity index (χ2n) is 10.5. The number of nitrogens with zero attached hydrogens (tertiary/aromatic N) is 5. The molecule has 4 N–H and O–H groups in total. The number of β-amino-alcohol motifs (C(OH)–C–C–N with tert-alkyl or cyclic N) is 1. The summed E-state index contributed by atoms with van der Waals surface area (Å²) in [7, 11) is 4.63. The molecule has 0 unspecified atom stereocenters. The fourth-order valence-electron chi connectivity index (χ4n) is 5.14. The van der Waals surface area contributed by atoms with E-state index in [1.165, 1.54) is 24.4 Å². The third kappa shape index (κ3) is 8.16. The number of nitrogens with one attached hydrogen (secondary N) is 3. The molecule has 0 bridgehead atoms. The number of anilines is 6. The predicted octanol–water partition coefficient (Wildman–Crippen LogP) is 4.75. The highest BCUT2D eigenvalue weighted by Gasteiger charge is 2.23. The molecule has 246 valence electrons. The van der Waals surface area contributed by atoms with Gasteiger partial charge in [0.05, 0.1) is 37.9 Å². The molecule has 3 aromatic rings. The second-order valence-corrected chi connectivity index (χ2v) is 10.9. The van der Waals surface area contributed by atoms with E-state index in [1.54, 1.807) is 26.3 Å². The van der Waals surface area contributed by atoms with Crippen LogP contribution in [0.5, 0.6) is 11.5 Å². The summed E-state index contributed by atoms with van der Waals surface area (Å²) in [5, 5.41) is 18.5. The summed E-state index contributed by atoms with van der Waals surface area (Å²) >= 11 is 6.63. The number of carbonyl (C=O) groups is 2. The Hall–Kier alpha value is -4.59. The molecule has 0 saturated carbocycles. The Balaban J connectivity index is 1.56. The monoisotopic (exact) mass is 652 g/mol. The van der Waals surface area contributed by atoms with Gasteiger partial charge in [0.15, 0.2) is 0 Å². The molecule has 2 aromatic carbocycles. The van der Waals surface area contributed by atoms with Crippen molar-refractivity contribution in [3.63, 3.8) is 0 Å². The number of hydrogen-bond acceptors (Lipinski definition) is 10. The average molecular weight is 653 g/mol. The number of amides is 3. The van der Waals surface area contributed by atoms with Gasteiger partial charge in [-0.15, -0.1) is 0 Å². The van der Waals surface area contributed by atoms with Crippen LogP contribution in [0.3, 0.4) is 0 Å². The van der Waals surface area contributed by atoms with E-state index >= 15 is 0 Å². The van der Waals surface area contributed by atoms with Crippen LogP contribution in [0.25, 0.3) is 0 Å². The highest BCUT2D eigenvalue weighted by Crippen LogP contribution is 2.42. The molecule has 1 saturated heterocycles. The van der Waals surface area contributed by atoms with Gasteiger partial charge in [0, 0.05) is 63.2 Å². The maximum absolute atomic E-state index is 13.5. The van der Waals surface area contributed by atoms with Gasteiger partial charge in [-0.2, -0.15) is 0 Å². The zero-order valence-electron chi connectivity index (χ0n) is 26.6. The van der Waals surface area contributed by atoms with E-state index in [0.717, 1.165) is 43.9 Å². The van der Waals surface area contributed by atoms with Crippen molar-refractivity contribution >= 4 is 57.9 Å². The largest absolute Gasteiger partial charge is 0.496 e. The predicted molar refractivity (Wildman–Crippen MR) is 182 cm³/mol. The Morgan fingerprint density at radius 1 is 1.07 bits per heavy atom. The number of aromatic nitrogens is 2. The van der Waals surface area contributed by atoms with Crippen LogP contribution in [0.15, 0.2) is 49.3 Å². The quantitative estimate of drug-likeness (QED) is 0.191. The number of ether oxygens (including phenoxy) is 2. The first-order valence-electron chi connectivity index (χ1n) is 15.0. The summed E-state index contributed by atoms with van der Waals surface area (Å²) in [6.07, 6.45) is 3.97. The minimum absolute atomic E-state index is 0.134. The van der Waals surface area contributed by atoms with Crippen LogP contribution < -0.4 is 35.2 Å². The SMILES string of the molecule is C=CC(=O)Nc1cc(N2CCN(CCO)CC2)ccc1Nc1cc(N(C)C(=O)Nc2c(Cl)c(OC)cc(OC)c2CCC)ncn1. The van der Waals surface area contributed by atoms with E-state index in [4.69, 9.17) is 21.1 Å². The van der Waals surface area contributed by atoms with Gasteiger partial charge in [0.25, 0.3) is 0 Å². The molecular formula is C32H41ClN8O5. The van der Waals surface area contributed by atoms with Crippen molar-refractivity contribution in [3.05, 3.63) is 59.9 Å². The van der Waals surface area contributed by atoms with Crippen molar-refractivity contribution in [2.75, 3.05) is 86.3 Å². The molecule has 0 spiro atoms. The van der Waals surface area contributed by atoms with Gasteiger partial charge < -0.3 is 35.4 Å². The molecule has 3 amide bonds. The van der Waals surface area contributed by atoms with Crippen LogP contribution in [0, 0.1) is 0 Å². The van der Waals surface area contributed by atoms with E-state index in [-0.39, 0.29) is 17.5 Å². The second kappa shape index (κ2) is 16.1. The van der Waals surface area contributed by atoms with Crippen LogP contribution in [-0.2, 0) is 11.2 Å². The number of urea groups is 1. The van der Waals surface area contributed by atoms with Crippen molar-refractivity contribution < 1.29 is 24.2 Å². The highest BCUT2D eigenvalue weighted by molar-refractivity contribution is 6.35. The molecule has 1 aliphatic heterocycles. The Bertz CT molecular complexity index is 1550. The summed E-state index contributed by atoms with van der Waals surface area (Å²) in [5.41, 5.74) is 3.24. The van der Waals surface area contributed by atoms with Gasteiger partial charge in [-0.3, -0.25) is 14.6 Å². The van der Waals surface area contributed by atoms with Gasteiger partial charge >= 0.3 is 6.03 Å². The Morgan fingerprint density at radius 2 is 1.80 bits per heavy atom. The van der Waals surface area contributed by atoms with E-state index in [9.17, 15) is 14.7 Å². The van der Waals surface area contributed by atoms with Crippen LogP contribution in [0.1, 0.15) is 18.9 Å². The molecule has 0 aliphatic carbocycles. The lowest BCUT2D eigenvalue weighted by Gasteiger charge is -2.36. The lowest BCUT2D eigenvalue weighted by atomic mass is 10.1. The van der Waals surface area contributed by atoms with Crippen LogP contribution >= 0.6 is 11.6 Å². The third-order valence-corrected chi connectivity index (χ3v) is 8.01. The molecule has 4 rings (SSSR count). The Morgan fingerprint density at radius 3 is 2.46 bits per heavy atom. The number of aliphatic hydroxyl groups is 1. The van der Waals surface area contributed by atoms with Crippen molar-refractivity contribution in [3.8, 4) is 11.5 Å². The minimum atomic E-state index is -0.485. The standard InChI is InChI=1S/C32H41ClN8O5/c1-6-8-22-25(45-4)18-26(46-5)30(33)31(22)38-32(44)39(3)28-19-27(34-20-35-28)36-23-10-9-21(17-24(23)37-29(43)7-2)41-13-11-40(12-14-41)15-16-42/h7,9-10,17-20,42H,2,6,8,11-16H2,1,3-5H3,(H,37,43)(H,38,44)(H,34,35,36). The number of hydrogen-bond donors (Lipinski definition) is 4. The van der Waals surface area contributed by atoms with Crippen LogP contribution in [-0.4, -0.2) is 92.5 Å². The van der Waals surface area contributed by atoms with Gasteiger partial charge in [-0.1, -0.05) is 31.5 Å². The molecular weight excluding hydrogens is 612 g/mol. The smallest absolute Gasteiger partial charge is 0.327 e. The van der Waals surface area contributed by atoms with Gasteiger partial charge in [-0.05, 0) is 30.7 Å². The molecule has 1 aromatic heterocycles. The van der Waals surface area contributed by atoms with E-state index in [0.29, 0.717) is 53.2 Å². The number of rotatable bonds is 13. The summed E-state index contributed by atoms with van der Waals surface area (Å²) in [4.78, 5) is 40.2. The minimum Gasteiger partial charge on any atom is -0.496 e. The molecule has 14 heteroatoms. The van der Waals surface area contributed by atoms with E-state index in [1.807, 2.05) is 25.1 Å². The zero-order chi connectivity index (χ0) is 33.2. The van der Waals surface area contributed by atoms with E-state index in [2.05, 4.69) is 42.3 Å².